The maximum atomic E-state index is 13.4. The lowest BCUT2D eigenvalue weighted by Gasteiger charge is -2.32. The molecule has 0 spiro atoms. The number of halogens is 1. The molecule has 0 fully saturated rings. The predicted molar refractivity (Wildman–Crippen MR) is 120 cm³/mol. The fraction of sp³-hybridized carbons (Fsp3) is 0.417. The molecule has 5 nitrogen and oxygen atoms in total. The van der Waals surface area contributed by atoms with Crippen LogP contribution in [-0.2, 0) is 11.3 Å². The van der Waals surface area contributed by atoms with Gasteiger partial charge in [-0.3, -0.25) is 9.59 Å². The van der Waals surface area contributed by atoms with Crippen LogP contribution in [0.3, 0.4) is 0 Å². The highest BCUT2D eigenvalue weighted by molar-refractivity contribution is 6.04. The molecule has 2 aromatic rings. The average Bonchev–Trinajstić information content (AvgIpc) is 2.70. The number of rotatable bonds is 8. The average molecular weight is 414 g/mol. The molecular weight excluding hydrogens is 381 g/mol. The summed E-state index contributed by atoms with van der Waals surface area (Å²) in [6.45, 7) is 8.36. The van der Waals surface area contributed by atoms with E-state index in [1.165, 1.54) is 18.2 Å². The summed E-state index contributed by atoms with van der Waals surface area (Å²) in [6, 6.07) is 11.3. The summed E-state index contributed by atoms with van der Waals surface area (Å²) in [7, 11) is 3.89. The number of nitrogens with one attached hydrogen (secondary N) is 1. The molecule has 0 bridgehead atoms. The number of carbonyl (C=O) groups excluding carboxylic acids is 2. The van der Waals surface area contributed by atoms with Crippen LogP contribution in [0.5, 0.6) is 0 Å². The number of anilines is 2. The van der Waals surface area contributed by atoms with E-state index in [-0.39, 0.29) is 29.3 Å². The summed E-state index contributed by atoms with van der Waals surface area (Å²) in [5.41, 5.74) is 2.77. The van der Waals surface area contributed by atoms with Crippen LogP contribution in [0.2, 0.25) is 0 Å². The van der Waals surface area contributed by atoms with Gasteiger partial charge in [-0.2, -0.15) is 0 Å². The summed E-state index contributed by atoms with van der Waals surface area (Å²) in [5.74, 6) is -0.835. The van der Waals surface area contributed by atoms with Crippen molar-refractivity contribution in [3.63, 3.8) is 0 Å². The third-order valence-corrected chi connectivity index (χ3v) is 5.15. The van der Waals surface area contributed by atoms with E-state index in [0.29, 0.717) is 12.2 Å². The molecule has 0 aliphatic heterocycles. The first kappa shape index (κ1) is 23.4. The molecule has 0 radical (unpaired) electrons. The lowest BCUT2D eigenvalue weighted by molar-refractivity contribution is -0.137. The van der Waals surface area contributed by atoms with Gasteiger partial charge in [0.1, 0.15) is 5.82 Å². The zero-order valence-electron chi connectivity index (χ0n) is 18.7. The fourth-order valence-corrected chi connectivity index (χ4v) is 3.25. The molecule has 30 heavy (non-hydrogen) atoms. The van der Waals surface area contributed by atoms with Gasteiger partial charge in [-0.25, -0.2) is 4.39 Å². The molecule has 1 atom stereocenters. The number of hydrogen-bond acceptors (Lipinski definition) is 3. The first-order valence-electron chi connectivity index (χ1n) is 10.3. The van der Waals surface area contributed by atoms with Gasteiger partial charge in [0.2, 0.25) is 5.91 Å². The second-order valence-corrected chi connectivity index (χ2v) is 8.08. The van der Waals surface area contributed by atoms with Crippen molar-refractivity contribution in [2.24, 2.45) is 5.92 Å². The highest BCUT2D eigenvalue weighted by Gasteiger charge is 2.23. The standard InChI is InChI=1S/C24H32FN3O2/c1-7-17(4)28(24(30)16(2)3)15-19-14-21(11-12-22(19)27(5)6)26-23(29)18-9-8-10-20(25)13-18/h8-14,16-17H,7,15H2,1-6H3,(H,26,29)/t17-/m1/s1. The summed E-state index contributed by atoms with van der Waals surface area (Å²) < 4.78 is 13.4. The van der Waals surface area contributed by atoms with Crippen molar-refractivity contribution in [1.29, 1.82) is 0 Å². The summed E-state index contributed by atoms with van der Waals surface area (Å²) >= 11 is 0. The molecule has 0 saturated heterocycles. The van der Waals surface area contributed by atoms with Gasteiger partial charge in [0.05, 0.1) is 0 Å². The molecule has 0 aliphatic rings. The van der Waals surface area contributed by atoms with E-state index >= 15 is 0 Å². The molecule has 0 unspecified atom stereocenters. The van der Waals surface area contributed by atoms with Crippen molar-refractivity contribution in [1.82, 2.24) is 4.90 Å². The second-order valence-electron chi connectivity index (χ2n) is 8.08. The lowest BCUT2D eigenvalue weighted by Crippen LogP contribution is -2.40. The van der Waals surface area contributed by atoms with Crippen molar-refractivity contribution in [2.75, 3.05) is 24.3 Å². The third-order valence-electron chi connectivity index (χ3n) is 5.15. The number of hydrogen-bond donors (Lipinski definition) is 1. The maximum absolute atomic E-state index is 13.4. The molecule has 2 amide bonds. The molecule has 1 N–H and O–H groups in total. The lowest BCUT2D eigenvalue weighted by atomic mass is 10.1. The third kappa shape index (κ3) is 5.81. The minimum Gasteiger partial charge on any atom is -0.377 e. The van der Waals surface area contributed by atoms with Gasteiger partial charge in [0.25, 0.3) is 5.91 Å². The Hall–Kier alpha value is -2.89. The van der Waals surface area contributed by atoms with E-state index < -0.39 is 5.82 Å². The zero-order chi connectivity index (χ0) is 22.4. The molecule has 0 aliphatic carbocycles. The Bertz CT molecular complexity index is 896. The van der Waals surface area contributed by atoms with Crippen LogP contribution in [0, 0.1) is 11.7 Å². The fourth-order valence-electron chi connectivity index (χ4n) is 3.25. The van der Waals surface area contributed by atoms with Crippen LogP contribution in [0.15, 0.2) is 42.5 Å². The molecule has 162 valence electrons. The maximum Gasteiger partial charge on any atom is 0.255 e. The molecule has 2 aromatic carbocycles. The first-order chi connectivity index (χ1) is 14.1. The minimum absolute atomic E-state index is 0.0976. The molecule has 0 saturated carbocycles. The summed E-state index contributed by atoms with van der Waals surface area (Å²) in [4.78, 5) is 29.2. The second kappa shape index (κ2) is 10.2. The largest absolute Gasteiger partial charge is 0.377 e. The molecule has 6 heteroatoms. The SMILES string of the molecule is CC[C@@H](C)N(Cc1cc(NC(=O)c2cccc(F)c2)ccc1N(C)C)C(=O)C(C)C. The van der Waals surface area contributed by atoms with Crippen LogP contribution >= 0.6 is 0 Å². The topological polar surface area (TPSA) is 52.7 Å². The van der Waals surface area contributed by atoms with Crippen molar-refractivity contribution < 1.29 is 14.0 Å². The van der Waals surface area contributed by atoms with E-state index in [9.17, 15) is 14.0 Å². The molecule has 0 aromatic heterocycles. The van der Waals surface area contributed by atoms with Crippen LogP contribution in [0.1, 0.15) is 50.0 Å². The summed E-state index contributed by atoms with van der Waals surface area (Å²) in [6.07, 6.45) is 0.853. The van der Waals surface area contributed by atoms with Gasteiger partial charge in [0, 0.05) is 49.5 Å². The van der Waals surface area contributed by atoms with E-state index in [2.05, 4.69) is 12.2 Å². The van der Waals surface area contributed by atoms with Gasteiger partial charge in [-0.15, -0.1) is 0 Å². The Morgan fingerprint density at radius 1 is 1.07 bits per heavy atom. The number of nitrogens with zero attached hydrogens (tertiary/aromatic N) is 2. The predicted octanol–water partition coefficient (Wildman–Crippen LogP) is 4.93. The van der Waals surface area contributed by atoms with Gasteiger partial charge < -0.3 is 15.1 Å². The summed E-state index contributed by atoms with van der Waals surface area (Å²) in [5, 5.41) is 2.83. The van der Waals surface area contributed by atoms with Crippen LogP contribution in [0.25, 0.3) is 0 Å². The minimum atomic E-state index is -0.456. The van der Waals surface area contributed by atoms with Gasteiger partial charge in [-0.1, -0.05) is 26.8 Å². The molecule has 2 rings (SSSR count). The van der Waals surface area contributed by atoms with Gasteiger partial charge >= 0.3 is 0 Å². The highest BCUT2D eigenvalue weighted by atomic mass is 19.1. The molecule has 0 heterocycles. The van der Waals surface area contributed by atoms with E-state index in [1.807, 2.05) is 62.9 Å². The Morgan fingerprint density at radius 2 is 1.77 bits per heavy atom. The number of benzene rings is 2. The van der Waals surface area contributed by atoms with E-state index in [4.69, 9.17) is 0 Å². The Labute approximate surface area is 178 Å². The van der Waals surface area contributed by atoms with Crippen molar-refractivity contribution in [3.8, 4) is 0 Å². The van der Waals surface area contributed by atoms with E-state index in [0.717, 1.165) is 17.7 Å². The van der Waals surface area contributed by atoms with Crippen LogP contribution < -0.4 is 10.2 Å². The van der Waals surface area contributed by atoms with Gasteiger partial charge in [0.15, 0.2) is 0 Å². The van der Waals surface area contributed by atoms with Gasteiger partial charge in [-0.05, 0) is 55.3 Å². The Kier molecular flexibility index (Phi) is 7.98. The van der Waals surface area contributed by atoms with Crippen molar-refractivity contribution >= 4 is 23.2 Å². The smallest absolute Gasteiger partial charge is 0.255 e. The Morgan fingerprint density at radius 3 is 2.33 bits per heavy atom. The number of carbonyl (C=O) groups is 2. The monoisotopic (exact) mass is 413 g/mol. The number of amides is 2. The highest BCUT2D eigenvalue weighted by Crippen LogP contribution is 2.26. The quantitative estimate of drug-likeness (QED) is 0.668. The van der Waals surface area contributed by atoms with Crippen LogP contribution in [-0.4, -0.2) is 36.9 Å². The van der Waals surface area contributed by atoms with Crippen LogP contribution in [0.4, 0.5) is 15.8 Å². The van der Waals surface area contributed by atoms with Crippen molar-refractivity contribution in [2.45, 2.75) is 46.7 Å². The normalized spacial score (nSPS) is 11.9. The van der Waals surface area contributed by atoms with E-state index in [1.54, 1.807) is 6.07 Å². The first-order valence-corrected chi connectivity index (χ1v) is 10.3. The zero-order valence-corrected chi connectivity index (χ0v) is 18.7. The van der Waals surface area contributed by atoms with Crippen molar-refractivity contribution in [3.05, 3.63) is 59.4 Å². The molecular formula is C24H32FN3O2. The Balaban J connectivity index is 2.35.